The third-order valence-electron chi connectivity index (χ3n) is 4.68. The van der Waals surface area contributed by atoms with Crippen LogP contribution >= 0.6 is 11.6 Å². The first-order chi connectivity index (χ1) is 10.6. The van der Waals surface area contributed by atoms with Crippen LogP contribution in [0.1, 0.15) is 32.3 Å². The third kappa shape index (κ3) is 3.03. The van der Waals surface area contributed by atoms with Gasteiger partial charge in [-0.05, 0) is 37.8 Å². The summed E-state index contributed by atoms with van der Waals surface area (Å²) in [5.74, 6) is 0. The molecule has 4 unspecified atom stereocenters. The predicted octanol–water partition coefficient (Wildman–Crippen LogP) is 3.22. The summed E-state index contributed by atoms with van der Waals surface area (Å²) in [5.41, 5.74) is 2.64. The summed E-state index contributed by atoms with van der Waals surface area (Å²) < 4.78 is 0. The Bertz CT molecular complexity index is 586. The fraction of sp³-hybridized carbons (Fsp3) is 0.529. The van der Waals surface area contributed by atoms with Crippen LogP contribution in [0.5, 0.6) is 0 Å². The summed E-state index contributed by atoms with van der Waals surface area (Å²) >= 11 is 6.64. The second-order valence-electron chi connectivity index (χ2n) is 6.13. The number of aryl methyl sites for hydroxylation is 1. The first-order valence-corrected chi connectivity index (χ1v) is 8.35. The second kappa shape index (κ2) is 6.39. The number of aliphatic imine (C=N–C) groups is 2. The highest BCUT2D eigenvalue weighted by Gasteiger charge is 2.37. The summed E-state index contributed by atoms with van der Waals surface area (Å²) in [4.78, 5) is 8.00. The number of alkyl halides is 1. The molecule has 0 radical (unpaired) electrons. The Morgan fingerprint density at radius 3 is 3.09 bits per heavy atom. The van der Waals surface area contributed by atoms with Crippen molar-refractivity contribution < 1.29 is 0 Å². The topological polar surface area (TPSA) is 48.8 Å². The molecule has 1 aromatic rings. The normalized spacial score (nSPS) is 31.4. The monoisotopic (exact) mass is 318 g/mol. The van der Waals surface area contributed by atoms with Crippen molar-refractivity contribution in [3.63, 3.8) is 0 Å². The molecule has 0 fully saturated rings. The minimum Gasteiger partial charge on any atom is -0.381 e. The average Bonchev–Trinajstić information content (AvgIpc) is 2.56. The molecule has 0 saturated heterocycles. The third-order valence-corrected chi connectivity index (χ3v) is 5.25. The van der Waals surface area contributed by atoms with Crippen LogP contribution < -0.4 is 10.6 Å². The van der Waals surface area contributed by atoms with Crippen LogP contribution in [0.2, 0.25) is 0 Å². The molecule has 0 saturated carbocycles. The second-order valence-corrected chi connectivity index (χ2v) is 6.83. The van der Waals surface area contributed by atoms with Gasteiger partial charge in [0.25, 0.3) is 0 Å². The number of anilines is 1. The summed E-state index contributed by atoms with van der Waals surface area (Å²) in [6.07, 6.45) is 6.26. The van der Waals surface area contributed by atoms with E-state index in [-0.39, 0.29) is 12.2 Å². The lowest BCUT2D eigenvalue weighted by Crippen LogP contribution is -2.55. The molecule has 2 heterocycles. The fourth-order valence-electron chi connectivity index (χ4n) is 3.13. The molecular formula is C17H23ClN4. The zero-order valence-corrected chi connectivity index (χ0v) is 13.8. The van der Waals surface area contributed by atoms with E-state index in [2.05, 4.69) is 58.7 Å². The number of benzene rings is 1. The zero-order chi connectivity index (χ0) is 15.6. The van der Waals surface area contributed by atoms with Crippen LogP contribution in [0.15, 0.2) is 34.3 Å². The molecule has 1 aromatic carbocycles. The zero-order valence-electron chi connectivity index (χ0n) is 13.1. The molecule has 118 valence electrons. The molecule has 0 spiro atoms. The van der Waals surface area contributed by atoms with Gasteiger partial charge in [-0.2, -0.15) is 0 Å². The van der Waals surface area contributed by atoms with Gasteiger partial charge in [0.15, 0.2) is 0 Å². The van der Waals surface area contributed by atoms with Gasteiger partial charge in [-0.15, -0.1) is 11.6 Å². The number of para-hydroxylation sites is 1. The number of nitrogens with zero attached hydrogens (tertiary/aromatic N) is 2. The van der Waals surface area contributed by atoms with Crippen molar-refractivity contribution in [1.29, 1.82) is 0 Å². The van der Waals surface area contributed by atoms with Gasteiger partial charge in [0.1, 0.15) is 17.4 Å². The van der Waals surface area contributed by atoms with Crippen LogP contribution in [0.4, 0.5) is 5.69 Å². The maximum Gasteiger partial charge on any atom is 0.126 e. The van der Waals surface area contributed by atoms with E-state index >= 15 is 0 Å². The van der Waals surface area contributed by atoms with Gasteiger partial charge in [-0.1, -0.05) is 25.1 Å². The molecule has 0 bridgehead atoms. The van der Waals surface area contributed by atoms with E-state index in [0.717, 1.165) is 19.3 Å². The summed E-state index contributed by atoms with van der Waals surface area (Å²) in [7, 11) is 0. The van der Waals surface area contributed by atoms with E-state index in [1.807, 2.05) is 0 Å². The van der Waals surface area contributed by atoms with Crippen molar-refractivity contribution in [3.05, 3.63) is 29.8 Å². The van der Waals surface area contributed by atoms with Gasteiger partial charge in [-0.3, -0.25) is 10.3 Å². The molecule has 4 nitrogen and oxygen atoms in total. The van der Waals surface area contributed by atoms with Gasteiger partial charge in [0.05, 0.1) is 0 Å². The van der Waals surface area contributed by atoms with Crippen molar-refractivity contribution in [2.75, 3.05) is 5.32 Å². The molecule has 5 heteroatoms. The van der Waals surface area contributed by atoms with Crippen LogP contribution in [-0.4, -0.2) is 35.7 Å². The van der Waals surface area contributed by atoms with Crippen LogP contribution in [-0.2, 0) is 6.42 Å². The smallest absolute Gasteiger partial charge is 0.126 e. The largest absolute Gasteiger partial charge is 0.381 e. The number of hydrogen-bond donors (Lipinski definition) is 2. The minimum atomic E-state index is -0.532. The molecule has 0 aliphatic carbocycles. The molecule has 2 N–H and O–H groups in total. The van der Waals surface area contributed by atoms with Crippen LogP contribution in [0.25, 0.3) is 0 Å². The van der Waals surface area contributed by atoms with Crippen LogP contribution in [0.3, 0.4) is 0 Å². The molecule has 2 aliphatic rings. The van der Waals surface area contributed by atoms with Gasteiger partial charge >= 0.3 is 0 Å². The van der Waals surface area contributed by atoms with E-state index < -0.39 is 4.87 Å². The van der Waals surface area contributed by atoms with Crippen molar-refractivity contribution >= 4 is 29.8 Å². The van der Waals surface area contributed by atoms with Gasteiger partial charge in [-0.25, -0.2) is 4.99 Å². The van der Waals surface area contributed by atoms with Crippen molar-refractivity contribution in [2.24, 2.45) is 9.98 Å². The lowest BCUT2D eigenvalue weighted by molar-refractivity contribution is 0.367. The summed E-state index contributed by atoms with van der Waals surface area (Å²) in [5, 5.41) is 7.22. The Morgan fingerprint density at radius 1 is 1.45 bits per heavy atom. The quantitative estimate of drug-likeness (QED) is 0.837. The first kappa shape index (κ1) is 15.5. The Balaban J connectivity index is 1.67. The number of fused-ring (bicyclic) bond motifs is 1. The maximum absolute atomic E-state index is 6.64. The molecule has 4 atom stereocenters. The Kier molecular flexibility index (Phi) is 4.50. The standard InChI is InChI=1S/C17H23ClN4/c1-3-17(18)10-19-11-20-16(17)21-12(2)14-9-8-13-6-4-5-7-15(13)22-14/h4-7,10-12,14,16,21-22H,3,8-9H2,1-2H3. The maximum atomic E-state index is 6.64. The lowest BCUT2D eigenvalue weighted by atomic mass is 9.93. The van der Waals surface area contributed by atoms with E-state index in [0.29, 0.717) is 6.04 Å². The summed E-state index contributed by atoms with van der Waals surface area (Å²) in [6.45, 7) is 4.26. The molecule has 3 rings (SSSR count). The van der Waals surface area contributed by atoms with E-state index in [9.17, 15) is 0 Å². The van der Waals surface area contributed by atoms with Gasteiger partial charge in [0.2, 0.25) is 0 Å². The Labute approximate surface area is 137 Å². The minimum absolute atomic E-state index is 0.134. The Hall–Kier alpha value is -1.39. The lowest BCUT2D eigenvalue weighted by Gasteiger charge is -2.37. The Morgan fingerprint density at radius 2 is 2.27 bits per heavy atom. The van der Waals surface area contributed by atoms with Crippen LogP contribution in [0, 0.1) is 0 Å². The van der Waals surface area contributed by atoms with Gasteiger partial charge in [0, 0.05) is 24.0 Å². The van der Waals surface area contributed by atoms with Crippen molar-refractivity contribution in [3.8, 4) is 0 Å². The van der Waals surface area contributed by atoms with Gasteiger partial charge < -0.3 is 5.32 Å². The van der Waals surface area contributed by atoms with E-state index in [1.165, 1.54) is 11.3 Å². The SMILES string of the molecule is CCC1(Cl)C=NC=NC1NC(C)C1CCc2ccccc2N1. The molecule has 0 amide bonds. The number of hydrogen-bond acceptors (Lipinski definition) is 4. The molecule has 2 aliphatic heterocycles. The predicted molar refractivity (Wildman–Crippen MR) is 94.4 cm³/mol. The molecular weight excluding hydrogens is 296 g/mol. The van der Waals surface area contributed by atoms with Crippen molar-refractivity contribution in [2.45, 2.75) is 56.2 Å². The molecule has 0 aromatic heterocycles. The highest BCUT2D eigenvalue weighted by Crippen LogP contribution is 2.28. The number of rotatable bonds is 4. The highest BCUT2D eigenvalue weighted by molar-refractivity contribution is 6.33. The van der Waals surface area contributed by atoms with E-state index in [4.69, 9.17) is 11.6 Å². The molecule has 22 heavy (non-hydrogen) atoms. The van der Waals surface area contributed by atoms with Crippen molar-refractivity contribution in [1.82, 2.24) is 5.32 Å². The summed E-state index contributed by atoms with van der Waals surface area (Å²) in [6, 6.07) is 9.17. The number of nitrogens with one attached hydrogen (secondary N) is 2. The highest BCUT2D eigenvalue weighted by atomic mass is 35.5. The number of halogens is 1. The van der Waals surface area contributed by atoms with E-state index in [1.54, 1.807) is 12.6 Å². The average molecular weight is 319 g/mol. The first-order valence-electron chi connectivity index (χ1n) is 7.98. The fourth-order valence-corrected chi connectivity index (χ4v) is 3.30.